The molecule has 0 radical (unpaired) electrons. The van der Waals surface area contributed by atoms with E-state index in [-0.39, 0.29) is 0 Å². The lowest BCUT2D eigenvalue weighted by atomic mass is 9.89. The first-order valence-electron chi connectivity index (χ1n) is 5.91. The van der Waals surface area contributed by atoms with Crippen molar-refractivity contribution in [3.8, 4) is 0 Å². The molecule has 3 rings (SSSR count). The van der Waals surface area contributed by atoms with E-state index in [1.54, 1.807) is 0 Å². The zero-order chi connectivity index (χ0) is 10.1. The van der Waals surface area contributed by atoms with Crippen LogP contribution in [0.5, 0.6) is 0 Å². The Bertz CT molecular complexity index is 309. The Morgan fingerprint density at radius 2 is 2.47 bits per heavy atom. The summed E-state index contributed by atoms with van der Waals surface area (Å²) in [6.07, 6.45) is 4.20. The summed E-state index contributed by atoms with van der Waals surface area (Å²) in [6, 6.07) is 5.98. The van der Waals surface area contributed by atoms with Crippen LogP contribution in [-0.2, 0) is 6.54 Å². The van der Waals surface area contributed by atoms with Gasteiger partial charge in [0.05, 0.1) is 0 Å². The van der Waals surface area contributed by atoms with Crippen LogP contribution in [0.2, 0.25) is 0 Å². The van der Waals surface area contributed by atoms with Gasteiger partial charge < -0.3 is 10.6 Å². The largest absolute Gasteiger partial charge is 0.312 e. The quantitative estimate of drug-likeness (QED) is 0.814. The van der Waals surface area contributed by atoms with Gasteiger partial charge in [-0.25, -0.2) is 0 Å². The average molecular weight is 222 g/mol. The zero-order valence-corrected chi connectivity index (χ0v) is 9.72. The van der Waals surface area contributed by atoms with E-state index in [4.69, 9.17) is 0 Å². The van der Waals surface area contributed by atoms with E-state index >= 15 is 0 Å². The molecule has 0 saturated carbocycles. The Kier molecular flexibility index (Phi) is 2.77. The summed E-state index contributed by atoms with van der Waals surface area (Å²) in [5, 5.41) is 9.42. The third kappa shape index (κ3) is 2.10. The highest BCUT2D eigenvalue weighted by molar-refractivity contribution is 7.09. The molecule has 0 spiro atoms. The molecule has 2 bridgehead atoms. The molecule has 2 nitrogen and oxygen atoms in total. The number of rotatable bonds is 4. The third-order valence-corrected chi connectivity index (χ3v) is 4.59. The smallest absolute Gasteiger partial charge is 0.0299 e. The minimum absolute atomic E-state index is 0.811. The Labute approximate surface area is 95.1 Å². The van der Waals surface area contributed by atoms with Crippen LogP contribution in [0, 0.1) is 5.92 Å². The van der Waals surface area contributed by atoms with E-state index < -0.39 is 0 Å². The highest BCUT2D eigenvalue weighted by Crippen LogP contribution is 2.32. The number of hydrogen-bond donors (Lipinski definition) is 2. The minimum atomic E-state index is 0.811. The van der Waals surface area contributed by atoms with Gasteiger partial charge >= 0.3 is 0 Å². The molecule has 82 valence electrons. The normalized spacial score (nSPS) is 33.7. The first-order chi connectivity index (χ1) is 7.42. The fourth-order valence-corrected chi connectivity index (χ4v) is 3.63. The van der Waals surface area contributed by atoms with Crippen molar-refractivity contribution in [1.29, 1.82) is 0 Å². The molecule has 0 amide bonds. The SMILES string of the molecule is c1csc(CNCC2CC3CCC2N3)c1. The van der Waals surface area contributed by atoms with Crippen LogP contribution in [0.15, 0.2) is 17.5 Å². The summed E-state index contributed by atoms with van der Waals surface area (Å²) in [4.78, 5) is 1.45. The van der Waals surface area contributed by atoms with Crippen LogP contribution in [-0.4, -0.2) is 18.6 Å². The van der Waals surface area contributed by atoms with E-state index in [0.717, 1.165) is 24.5 Å². The van der Waals surface area contributed by atoms with Crippen molar-refractivity contribution < 1.29 is 0 Å². The standard InChI is InChI=1S/C12H18N2S/c1-2-11(15-5-1)8-13-7-9-6-10-3-4-12(9)14-10/h1-2,5,9-10,12-14H,3-4,6-8H2. The number of nitrogens with one attached hydrogen (secondary N) is 2. The summed E-state index contributed by atoms with van der Waals surface area (Å²) in [5.74, 6) is 0.878. The molecule has 3 heterocycles. The summed E-state index contributed by atoms with van der Waals surface area (Å²) >= 11 is 1.84. The maximum Gasteiger partial charge on any atom is 0.0299 e. The lowest BCUT2D eigenvalue weighted by Crippen LogP contribution is -2.31. The molecule has 2 N–H and O–H groups in total. The second-order valence-corrected chi connectivity index (χ2v) is 5.79. The van der Waals surface area contributed by atoms with Crippen LogP contribution < -0.4 is 10.6 Å². The van der Waals surface area contributed by atoms with Crippen molar-refractivity contribution in [2.24, 2.45) is 5.92 Å². The fourth-order valence-electron chi connectivity index (χ4n) is 2.96. The van der Waals surface area contributed by atoms with Crippen molar-refractivity contribution >= 4 is 11.3 Å². The van der Waals surface area contributed by atoms with E-state index in [1.165, 1.54) is 30.7 Å². The van der Waals surface area contributed by atoms with Gasteiger partial charge in [-0.15, -0.1) is 11.3 Å². The predicted molar refractivity (Wildman–Crippen MR) is 64.1 cm³/mol. The molecule has 2 saturated heterocycles. The molecule has 1 aromatic heterocycles. The Balaban J connectivity index is 1.43. The van der Waals surface area contributed by atoms with E-state index in [2.05, 4.69) is 28.1 Å². The van der Waals surface area contributed by atoms with Crippen LogP contribution >= 0.6 is 11.3 Å². The van der Waals surface area contributed by atoms with Gasteiger partial charge in [0.25, 0.3) is 0 Å². The predicted octanol–water partition coefficient (Wildman–Crippen LogP) is 1.98. The van der Waals surface area contributed by atoms with Crippen molar-refractivity contribution in [2.75, 3.05) is 6.54 Å². The number of thiophene rings is 1. The van der Waals surface area contributed by atoms with Crippen molar-refractivity contribution in [2.45, 2.75) is 37.9 Å². The maximum absolute atomic E-state index is 3.68. The van der Waals surface area contributed by atoms with Gasteiger partial charge in [0.2, 0.25) is 0 Å². The average Bonchev–Trinajstić information content (AvgIpc) is 2.93. The zero-order valence-electron chi connectivity index (χ0n) is 8.91. The number of hydrogen-bond acceptors (Lipinski definition) is 3. The molecule has 3 heteroatoms. The van der Waals surface area contributed by atoms with Crippen LogP contribution in [0.4, 0.5) is 0 Å². The van der Waals surface area contributed by atoms with E-state index in [1.807, 2.05) is 11.3 Å². The highest BCUT2D eigenvalue weighted by Gasteiger charge is 2.38. The maximum atomic E-state index is 3.68. The fraction of sp³-hybridized carbons (Fsp3) is 0.667. The van der Waals surface area contributed by atoms with Crippen molar-refractivity contribution in [3.63, 3.8) is 0 Å². The van der Waals surface area contributed by atoms with Gasteiger partial charge in [-0.05, 0) is 43.2 Å². The van der Waals surface area contributed by atoms with Gasteiger partial charge in [0.15, 0.2) is 0 Å². The number of fused-ring (bicyclic) bond motifs is 2. The monoisotopic (exact) mass is 222 g/mol. The van der Waals surface area contributed by atoms with Crippen LogP contribution in [0.1, 0.15) is 24.1 Å². The van der Waals surface area contributed by atoms with Crippen LogP contribution in [0.3, 0.4) is 0 Å². The van der Waals surface area contributed by atoms with Crippen LogP contribution in [0.25, 0.3) is 0 Å². The molecule has 2 aliphatic rings. The highest BCUT2D eigenvalue weighted by atomic mass is 32.1. The third-order valence-electron chi connectivity index (χ3n) is 3.72. The summed E-state index contributed by atoms with van der Waals surface area (Å²) in [6.45, 7) is 2.23. The Hall–Kier alpha value is -0.380. The van der Waals surface area contributed by atoms with Gasteiger partial charge in [0, 0.05) is 23.5 Å². The first-order valence-corrected chi connectivity index (χ1v) is 6.79. The minimum Gasteiger partial charge on any atom is -0.312 e. The molecule has 15 heavy (non-hydrogen) atoms. The lowest BCUT2D eigenvalue weighted by molar-refractivity contribution is 0.383. The summed E-state index contributed by atoms with van der Waals surface area (Å²) < 4.78 is 0. The second-order valence-electron chi connectivity index (χ2n) is 4.75. The summed E-state index contributed by atoms with van der Waals surface area (Å²) in [5.41, 5.74) is 0. The van der Waals surface area contributed by atoms with Gasteiger partial charge in [-0.1, -0.05) is 6.07 Å². The van der Waals surface area contributed by atoms with Gasteiger partial charge in [-0.2, -0.15) is 0 Å². The molecular formula is C12H18N2S. The van der Waals surface area contributed by atoms with E-state index in [0.29, 0.717) is 0 Å². The molecule has 0 aromatic carbocycles. The topological polar surface area (TPSA) is 24.1 Å². The van der Waals surface area contributed by atoms with E-state index in [9.17, 15) is 0 Å². The molecule has 3 unspecified atom stereocenters. The van der Waals surface area contributed by atoms with Crippen molar-refractivity contribution in [3.05, 3.63) is 22.4 Å². The molecule has 2 aliphatic heterocycles. The molecule has 3 atom stereocenters. The molecule has 1 aromatic rings. The molecule has 0 aliphatic carbocycles. The molecular weight excluding hydrogens is 204 g/mol. The molecule has 2 fully saturated rings. The summed E-state index contributed by atoms with van der Waals surface area (Å²) in [7, 11) is 0. The lowest BCUT2D eigenvalue weighted by Gasteiger charge is -2.20. The van der Waals surface area contributed by atoms with Gasteiger partial charge in [-0.3, -0.25) is 0 Å². The first kappa shape index (κ1) is 9.82. The second kappa shape index (κ2) is 4.24. The Morgan fingerprint density at radius 1 is 1.47 bits per heavy atom. The van der Waals surface area contributed by atoms with Crippen molar-refractivity contribution in [1.82, 2.24) is 10.6 Å². The van der Waals surface area contributed by atoms with Gasteiger partial charge in [0.1, 0.15) is 0 Å². The Morgan fingerprint density at radius 3 is 3.13 bits per heavy atom.